The lowest BCUT2D eigenvalue weighted by Gasteiger charge is -1.94. The maximum atomic E-state index is 9.33. The third-order valence-corrected chi connectivity index (χ3v) is 4.84. The minimum atomic E-state index is 0.519. The number of thiazole rings is 1. The number of hydrogen-bond acceptors (Lipinski definition) is 5. The molecule has 0 unspecified atom stereocenters. The van der Waals surface area contributed by atoms with E-state index in [9.17, 15) is 5.26 Å². The summed E-state index contributed by atoms with van der Waals surface area (Å²) in [4.78, 5) is 7.11. The highest BCUT2D eigenvalue weighted by Crippen LogP contribution is 2.33. The van der Waals surface area contributed by atoms with Crippen LogP contribution in [0.15, 0.2) is 34.3 Å². The Morgan fingerprint density at radius 3 is 2.90 bits per heavy atom. The summed E-state index contributed by atoms with van der Waals surface area (Å²) in [6, 6.07) is 7.95. The molecule has 0 aliphatic heterocycles. The number of allylic oxidation sites excluding steroid dienone is 1. The zero-order chi connectivity index (χ0) is 14.8. The highest BCUT2D eigenvalue weighted by Gasteiger charge is 2.12. The van der Waals surface area contributed by atoms with Crippen LogP contribution >= 0.6 is 22.7 Å². The van der Waals surface area contributed by atoms with Crippen LogP contribution in [0.3, 0.4) is 0 Å². The van der Waals surface area contributed by atoms with E-state index in [0.29, 0.717) is 16.3 Å². The summed E-state index contributed by atoms with van der Waals surface area (Å²) in [5, 5.41) is 12.0. The van der Waals surface area contributed by atoms with Crippen LogP contribution in [0.25, 0.3) is 22.9 Å². The van der Waals surface area contributed by atoms with Crippen molar-refractivity contribution < 1.29 is 4.42 Å². The Balaban J connectivity index is 1.98. The van der Waals surface area contributed by atoms with Crippen LogP contribution in [0, 0.1) is 25.2 Å². The largest absolute Gasteiger partial charge is 0.465 e. The number of hydrogen-bond donors (Lipinski definition) is 0. The number of aromatic nitrogens is 1. The molecule has 0 radical (unpaired) electrons. The minimum Gasteiger partial charge on any atom is -0.465 e. The topological polar surface area (TPSA) is 49.8 Å². The van der Waals surface area contributed by atoms with Crippen molar-refractivity contribution in [3.8, 4) is 17.3 Å². The lowest BCUT2D eigenvalue weighted by molar-refractivity contribution is 0.557. The van der Waals surface area contributed by atoms with Crippen LogP contribution in [-0.4, -0.2) is 4.98 Å². The van der Waals surface area contributed by atoms with Crippen LogP contribution in [0.2, 0.25) is 0 Å². The van der Waals surface area contributed by atoms with Crippen LogP contribution < -0.4 is 0 Å². The lowest BCUT2D eigenvalue weighted by atomic mass is 10.2. The average molecular weight is 312 g/mol. The van der Waals surface area contributed by atoms with E-state index in [0.717, 1.165) is 11.3 Å². The molecule has 3 nitrogen and oxygen atoms in total. The molecule has 3 rings (SSSR count). The van der Waals surface area contributed by atoms with E-state index in [1.54, 1.807) is 29.7 Å². The van der Waals surface area contributed by atoms with Crippen molar-refractivity contribution in [2.75, 3.05) is 0 Å². The molecule has 0 saturated carbocycles. The fraction of sp³-hybridized carbons (Fsp3) is 0.125. The SMILES string of the molecule is Cc1cc(-c2csc(/C(C#N)=C\c3ccco3)n2)c(C)s1. The normalized spacial score (nSPS) is 11.6. The van der Waals surface area contributed by atoms with Gasteiger partial charge >= 0.3 is 0 Å². The van der Waals surface area contributed by atoms with Crippen molar-refractivity contribution in [2.45, 2.75) is 13.8 Å². The number of nitrogens with zero attached hydrogens (tertiary/aromatic N) is 2. The summed E-state index contributed by atoms with van der Waals surface area (Å²) < 4.78 is 5.25. The van der Waals surface area contributed by atoms with E-state index in [1.807, 2.05) is 11.4 Å². The maximum absolute atomic E-state index is 9.33. The Morgan fingerprint density at radius 2 is 2.29 bits per heavy atom. The molecule has 3 heterocycles. The smallest absolute Gasteiger partial charge is 0.134 e. The Bertz CT molecular complexity index is 832. The third-order valence-electron chi connectivity index (χ3n) is 3.00. The van der Waals surface area contributed by atoms with E-state index in [2.05, 4.69) is 31.0 Å². The number of thiophene rings is 1. The molecular formula is C16H12N2OS2. The first-order chi connectivity index (χ1) is 10.2. The van der Waals surface area contributed by atoms with E-state index in [4.69, 9.17) is 4.42 Å². The second-order valence-corrected chi connectivity index (χ2v) is 6.87. The maximum Gasteiger partial charge on any atom is 0.134 e. The van der Waals surface area contributed by atoms with Crippen LogP contribution in [0.4, 0.5) is 0 Å². The van der Waals surface area contributed by atoms with Gasteiger partial charge in [-0.2, -0.15) is 5.26 Å². The van der Waals surface area contributed by atoms with Crippen molar-refractivity contribution in [2.24, 2.45) is 0 Å². The third kappa shape index (κ3) is 2.82. The van der Waals surface area contributed by atoms with Gasteiger partial charge in [0, 0.05) is 26.8 Å². The van der Waals surface area contributed by atoms with Gasteiger partial charge in [-0.15, -0.1) is 22.7 Å². The molecule has 0 aromatic carbocycles. The molecule has 0 spiro atoms. The van der Waals surface area contributed by atoms with Gasteiger partial charge in [-0.05, 0) is 32.0 Å². The summed E-state index contributed by atoms with van der Waals surface area (Å²) in [5.74, 6) is 0.658. The van der Waals surface area contributed by atoms with Gasteiger partial charge in [-0.25, -0.2) is 4.98 Å². The van der Waals surface area contributed by atoms with Gasteiger partial charge in [0.1, 0.15) is 16.8 Å². The van der Waals surface area contributed by atoms with Crippen molar-refractivity contribution in [3.05, 3.63) is 50.4 Å². The molecular weight excluding hydrogens is 300 g/mol. The minimum absolute atomic E-state index is 0.519. The lowest BCUT2D eigenvalue weighted by Crippen LogP contribution is -1.82. The van der Waals surface area contributed by atoms with Gasteiger partial charge in [-0.1, -0.05) is 0 Å². The van der Waals surface area contributed by atoms with Crippen LogP contribution in [0.1, 0.15) is 20.5 Å². The summed E-state index contributed by atoms with van der Waals surface area (Å²) in [7, 11) is 0. The Morgan fingerprint density at radius 1 is 1.43 bits per heavy atom. The molecule has 21 heavy (non-hydrogen) atoms. The molecule has 0 saturated heterocycles. The van der Waals surface area contributed by atoms with E-state index in [-0.39, 0.29) is 0 Å². The molecule has 0 aliphatic carbocycles. The predicted octanol–water partition coefficient (Wildman–Crippen LogP) is 5.15. The summed E-state index contributed by atoms with van der Waals surface area (Å²) >= 11 is 3.24. The first kappa shape index (κ1) is 13.8. The zero-order valence-electron chi connectivity index (χ0n) is 11.6. The molecule has 3 aromatic heterocycles. The van der Waals surface area contributed by atoms with Gasteiger partial charge in [-0.3, -0.25) is 0 Å². The van der Waals surface area contributed by atoms with E-state index in [1.165, 1.54) is 21.1 Å². The summed E-state index contributed by atoms with van der Waals surface area (Å²) in [6.45, 7) is 4.18. The first-order valence-corrected chi connectivity index (χ1v) is 8.05. The Hall–Kier alpha value is -2.16. The highest BCUT2D eigenvalue weighted by molar-refractivity contribution is 7.12. The van der Waals surface area contributed by atoms with Crippen molar-refractivity contribution in [3.63, 3.8) is 0 Å². The summed E-state index contributed by atoms with van der Waals surface area (Å²) in [6.07, 6.45) is 3.31. The standard InChI is InChI=1S/C16H12N2OS2/c1-10-6-14(11(2)21-10)15-9-20-16(18-15)12(8-17)7-13-4-3-5-19-13/h3-7,9H,1-2H3/b12-7-. The quantitative estimate of drug-likeness (QED) is 0.629. The average Bonchev–Trinajstić information content (AvgIpc) is 3.17. The highest BCUT2D eigenvalue weighted by atomic mass is 32.1. The van der Waals surface area contributed by atoms with Crippen molar-refractivity contribution >= 4 is 34.3 Å². The van der Waals surface area contributed by atoms with E-state index < -0.39 is 0 Å². The second-order valence-electron chi connectivity index (χ2n) is 4.55. The van der Waals surface area contributed by atoms with Crippen molar-refractivity contribution in [1.82, 2.24) is 4.98 Å². The summed E-state index contributed by atoms with van der Waals surface area (Å²) in [5.41, 5.74) is 2.60. The number of furan rings is 1. The Kier molecular flexibility index (Phi) is 3.74. The fourth-order valence-electron chi connectivity index (χ4n) is 2.06. The number of aryl methyl sites for hydroxylation is 2. The molecule has 0 fully saturated rings. The van der Waals surface area contributed by atoms with Gasteiger partial charge < -0.3 is 4.42 Å². The second kappa shape index (κ2) is 5.68. The monoisotopic (exact) mass is 312 g/mol. The van der Waals surface area contributed by atoms with Crippen LogP contribution in [0.5, 0.6) is 0 Å². The van der Waals surface area contributed by atoms with E-state index >= 15 is 0 Å². The van der Waals surface area contributed by atoms with Crippen LogP contribution in [-0.2, 0) is 0 Å². The molecule has 0 bridgehead atoms. The van der Waals surface area contributed by atoms with Crippen molar-refractivity contribution in [1.29, 1.82) is 5.26 Å². The molecule has 5 heteroatoms. The number of rotatable bonds is 3. The zero-order valence-corrected chi connectivity index (χ0v) is 13.2. The van der Waals surface area contributed by atoms with Gasteiger partial charge in [0.15, 0.2) is 0 Å². The molecule has 104 valence electrons. The van der Waals surface area contributed by atoms with Gasteiger partial charge in [0.25, 0.3) is 0 Å². The number of nitriles is 1. The molecule has 3 aromatic rings. The molecule has 0 aliphatic rings. The Labute approximate surface area is 130 Å². The fourth-order valence-corrected chi connectivity index (χ4v) is 3.78. The first-order valence-electron chi connectivity index (χ1n) is 6.36. The molecule has 0 amide bonds. The molecule has 0 atom stereocenters. The molecule has 0 N–H and O–H groups in total. The van der Waals surface area contributed by atoms with Gasteiger partial charge in [0.2, 0.25) is 0 Å². The van der Waals surface area contributed by atoms with Gasteiger partial charge in [0.05, 0.1) is 17.5 Å². The predicted molar refractivity (Wildman–Crippen MR) is 87.1 cm³/mol.